The van der Waals surface area contributed by atoms with E-state index in [1.807, 2.05) is 26.0 Å². The van der Waals surface area contributed by atoms with Gasteiger partial charge in [0.05, 0.1) is 12.3 Å². The summed E-state index contributed by atoms with van der Waals surface area (Å²) in [5, 5.41) is 5.28. The van der Waals surface area contributed by atoms with E-state index in [0.717, 1.165) is 22.7 Å². The fourth-order valence-electron chi connectivity index (χ4n) is 2.51. The van der Waals surface area contributed by atoms with Crippen LogP contribution in [0.15, 0.2) is 17.5 Å². The molecular weight excluding hydrogens is 314 g/mol. The van der Waals surface area contributed by atoms with Gasteiger partial charge in [0.1, 0.15) is 28.3 Å². The summed E-state index contributed by atoms with van der Waals surface area (Å²) >= 11 is 1.37. The Morgan fingerprint density at radius 3 is 3.09 bits per heavy atom. The SMILES string of the molecule is CCOc1cc2c(cc1NC(=O)c1csc(CN)n1)OC(C)C2. The molecule has 3 N–H and O–H groups in total. The van der Waals surface area contributed by atoms with E-state index >= 15 is 0 Å². The number of amides is 1. The Morgan fingerprint density at radius 2 is 2.39 bits per heavy atom. The third-order valence-corrected chi connectivity index (χ3v) is 4.38. The van der Waals surface area contributed by atoms with E-state index in [1.165, 1.54) is 11.3 Å². The Balaban J connectivity index is 1.86. The van der Waals surface area contributed by atoms with Crippen molar-refractivity contribution in [3.8, 4) is 11.5 Å². The van der Waals surface area contributed by atoms with Crippen molar-refractivity contribution in [2.75, 3.05) is 11.9 Å². The first-order chi connectivity index (χ1) is 11.1. The molecule has 0 saturated carbocycles. The van der Waals surface area contributed by atoms with E-state index in [-0.39, 0.29) is 12.0 Å². The van der Waals surface area contributed by atoms with Crippen LogP contribution in [-0.2, 0) is 13.0 Å². The summed E-state index contributed by atoms with van der Waals surface area (Å²) in [5.74, 6) is 1.15. The van der Waals surface area contributed by atoms with Gasteiger partial charge in [-0.3, -0.25) is 4.79 Å². The maximum absolute atomic E-state index is 12.4. The van der Waals surface area contributed by atoms with E-state index in [0.29, 0.717) is 30.3 Å². The number of nitrogens with two attached hydrogens (primary N) is 1. The molecule has 6 nitrogen and oxygen atoms in total. The number of carbonyl (C=O) groups is 1. The molecule has 1 atom stereocenters. The van der Waals surface area contributed by atoms with Gasteiger partial charge in [-0.2, -0.15) is 0 Å². The lowest BCUT2D eigenvalue weighted by Gasteiger charge is -2.13. The molecule has 122 valence electrons. The number of nitrogens with one attached hydrogen (secondary N) is 1. The Labute approximate surface area is 138 Å². The summed E-state index contributed by atoms with van der Waals surface area (Å²) in [5.41, 5.74) is 7.57. The molecule has 0 fully saturated rings. The smallest absolute Gasteiger partial charge is 0.275 e. The number of anilines is 1. The van der Waals surface area contributed by atoms with Gasteiger partial charge in [0.15, 0.2) is 0 Å². The number of hydrogen-bond donors (Lipinski definition) is 2. The minimum atomic E-state index is -0.284. The first-order valence-electron chi connectivity index (χ1n) is 7.53. The highest BCUT2D eigenvalue weighted by Crippen LogP contribution is 2.38. The van der Waals surface area contributed by atoms with Gasteiger partial charge in [0.25, 0.3) is 5.91 Å². The van der Waals surface area contributed by atoms with E-state index in [9.17, 15) is 4.79 Å². The van der Waals surface area contributed by atoms with Crippen LogP contribution in [-0.4, -0.2) is 23.6 Å². The number of ether oxygens (including phenoxy) is 2. The average molecular weight is 333 g/mol. The molecule has 2 heterocycles. The van der Waals surface area contributed by atoms with Crippen LogP contribution in [0.2, 0.25) is 0 Å². The fourth-order valence-corrected chi connectivity index (χ4v) is 3.16. The first kappa shape index (κ1) is 15.8. The highest BCUT2D eigenvalue weighted by atomic mass is 32.1. The summed E-state index contributed by atoms with van der Waals surface area (Å²) in [6, 6.07) is 3.75. The molecule has 1 aliphatic heterocycles. The van der Waals surface area contributed by atoms with Crippen LogP contribution in [0.1, 0.15) is 34.9 Å². The molecule has 0 radical (unpaired) electrons. The number of thiazole rings is 1. The predicted octanol–water partition coefficient (Wildman–Crippen LogP) is 2.58. The number of hydrogen-bond acceptors (Lipinski definition) is 6. The molecular formula is C16H19N3O3S. The lowest BCUT2D eigenvalue weighted by atomic mass is 10.1. The molecule has 1 amide bonds. The van der Waals surface area contributed by atoms with Gasteiger partial charge in [-0.1, -0.05) is 0 Å². The number of nitrogens with zero attached hydrogens (tertiary/aromatic N) is 1. The second kappa shape index (κ2) is 6.55. The molecule has 1 aromatic heterocycles. The lowest BCUT2D eigenvalue weighted by molar-refractivity contribution is 0.102. The zero-order valence-corrected chi connectivity index (χ0v) is 13.9. The number of aromatic nitrogens is 1. The molecule has 1 unspecified atom stereocenters. The van der Waals surface area contributed by atoms with Crippen molar-refractivity contribution < 1.29 is 14.3 Å². The van der Waals surface area contributed by atoms with Crippen molar-refractivity contribution in [3.05, 3.63) is 33.8 Å². The van der Waals surface area contributed by atoms with Crippen molar-refractivity contribution in [3.63, 3.8) is 0 Å². The van der Waals surface area contributed by atoms with E-state index in [2.05, 4.69) is 10.3 Å². The van der Waals surface area contributed by atoms with Gasteiger partial charge in [0.2, 0.25) is 0 Å². The van der Waals surface area contributed by atoms with Gasteiger partial charge in [0, 0.05) is 30.0 Å². The lowest BCUT2D eigenvalue weighted by Crippen LogP contribution is -2.14. The van der Waals surface area contributed by atoms with Crippen LogP contribution >= 0.6 is 11.3 Å². The largest absolute Gasteiger partial charge is 0.492 e. The average Bonchev–Trinajstić information content (AvgIpc) is 3.13. The maximum Gasteiger partial charge on any atom is 0.275 e. The molecule has 1 aliphatic rings. The van der Waals surface area contributed by atoms with Crippen LogP contribution in [0.4, 0.5) is 5.69 Å². The Kier molecular flexibility index (Phi) is 4.49. The molecule has 0 bridgehead atoms. The molecule has 3 rings (SSSR count). The van der Waals surface area contributed by atoms with Crippen molar-refractivity contribution in [1.82, 2.24) is 4.98 Å². The minimum Gasteiger partial charge on any atom is -0.492 e. The quantitative estimate of drug-likeness (QED) is 0.878. The normalized spacial score (nSPS) is 15.9. The van der Waals surface area contributed by atoms with Crippen molar-refractivity contribution >= 4 is 22.9 Å². The Hall–Kier alpha value is -2.12. The minimum absolute atomic E-state index is 0.135. The molecule has 0 saturated heterocycles. The topological polar surface area (TPSA) is 86.5 Å². The van der Waals surface area contributed by atoms with Crippen LogP contribution in [0, 0.1) is 0 Å². The third-order valence-electron chi connectivity index (χ3n) is 3.51. The summed E-state index contributed by atoms with van der Waals surface area (Å²) in [7, 11) is 0. The van der Waals surface area contributed by atoms with Crippen LogP contribution in [0.25, 0.3) is 0 Å². The predicted molar refractivity (Wildman–Crippen MR) is 89.4 cm³/mol. The Morgan fingerprint density at radius 1 is 1.57 bits per heavy atom. The van der Waals surface area contributed by atoms with E-state index < -0.39 is 0 Å². The number of carbonyl (C=O) groups excluding carboxylic acids is 1. The highest BCUT2D eigenvalue weighted by Gasteiger charge is 2.23. The van der Waals surface area contributed by atoms with Crippen LogP contribution in [0.5, 0.6) is 11.5 Å². The van der Waals surface area contributed by atoms with Gasteiger partial charge in [-0.25, -0.2) is 4.98 Å². The molecule has 0 aliphatic carbocycles. The number of benzene rings is 1. The van der Waals surface area contributed by atoms with Crippen molar-refractivity contribution in [2.24, 2.45) is 5.73 Å². The molecule has 23 heavy (non-hydrogen) atoms. The third kappa shape index (κ3) is 3.30. The van der Waals surface area contributed by atoms with Crippen LogP contribution in [0.3, 0.4) is 0 Å². The zero-order chi connectivity index (χ0) is 16.4. The van der Waals surface area contributed by atoms with Gasteiger partial charge in [-0.15, -0.1) is 11.3 Å². The molecule has 0 spiro atoms. The number of fused-ring (bicyclic) bond motifs is 1. The summed E-state index contributed by atoms with van der Waals surface area (Å²) in [6.45, 7) is 4.77. The van der Waals surface area contributed by atoms with Crippen molar-refractivity contribution in [2.45, 2.75) is 32.9 Å². The van der Waals surface area contributed by atoms with Gasteiger partial charge in [-0.05, 0) is 19.9 Å². The zero-order valence-electron chi connectivity index (χ0n) is 13.1. The van der Waals surface area contributed by atoms with Crippen molar-refractivity contribution in [1.29, 1.82) is 0 Å². The first-order valence-corrected chi connectivity index (χ1v) is 8.40. The van der Waals surface area contributed by atoms with E-state index in [1.54, 1.807) is 5.38 Å². The standard InChI is InChI=1S/C16H19N3O3S/c1-3-21-14-5-10-4-9(2)22-13(10)6-11(14)19-16(20)12-8-23-15(7-17)18-12/h5-6,8-9H,3-4,7,17H2,1-2H3,(H,19,20). The second-order valence-electron chi connectivity index (χ2n) is 5.31. The summed E-state index contributed by atoms with van der Waals surface area (Å²) in [6.07, 6.45) is 0.978. The fraction of sp³-hybridized carbons (Fsp3) is 0.375. The Bertz CT molecular complexity index is 729. The monoisotopic (exact) mass is 333 g/mol. The van der Waals surface area contributed by atoms with E-state index in [4.69, 9.17) is 15.2 Å². The summed E-state index contributed by atoms with van der Waals surface area (Å²) in [4.78, 5) is 16.6. The maximum atomic E-state index is 12.4. The molecule has 2 aromatic rings. The van der Waals surface area contributed by atoms with Gasteiger partial charge < -0.3 is 20.5 Å². The number of rotatable bonds is 5. The van der Waals surface area contributed by atoms with Crippen LogP contribution < -0.4 is 20.5 Å². The highest BCUT2D eigenvalue weighted by molar-refractivity contribution is 7.09. The second-order valence-corrected chi connectivity index (χ2v) is 6.25. The molecule has 7 heteroatoms. The summed E-state index contributed by atoms with van der Waals surface area (Å²) < 4.78 is 11.4. The van der Waals surface area contributed by atoms with Gasteiger partial charge >= 0.3 is 0 Å². The molecule has 1 aromatic carbocycles.